The van der Waals surface area contributed by atoms with E-state index in [2.05, 4.69) is 4.98 Å². The second-order valence-corrected chi connectivity index (χ2v) is 3.42. The fraction of sp³-hybridized carbons (Fsp3) is 0.500. The van der Waals surface area contributed by atoms with Crippen molar-refractivity contribution in [1.82, 2.24) is 4.98 Å². The van der Waals surface area contributed by atoms with Gasteiger partial charge in [-0.3, -0.25) is 0 Å². The van der Waals surface area contributed by atoms with E-state index in [1.54, 1.807) is 12.1 Å². The maximum Gasteiger partial charge on any atom is 0.213 e. The average Bonchev–Trinajstić information content (AvgIpc) is 2.29. The minimum atomic E-state index is -1.15. The first kappa shape index (κ1) is 12.7. The van der Waals surface area contributed by atoms with Gasteiger partial charge in [0.05, 0.1) is 24.6 Å². The van der Waals surface area contributed by atoms with Gasteiger partial charge >= 0.3 is 0 Å². The van der Waals surface area contributed by atoms with Gasteiger partial charge in [0.1, 0.15) is 6.10 Å². The third-order valence-corrected chi connectivity index (χ3v) is 2.25. The standard InChI is InChI=1S/C10H17N3O3/c1-16-8-3-2-6(12)9(13-8)10(15)7(14)4-5-11/h2-3,7,10,14-15H,4-5,11-12H2,1H3. The van der Waals surface area contributed by atoms with Gasteiger partial charge in [0.25, 0.3) is 0 Å². The summed E-state index contributed by atoms with van der Waals surface area (Å²) in [5.41, 5.74) is 11.5. The van der Waals surface area contributed by atoms with Crippen LogP contribution in [0.5, 0.6) is 5.88 Å². The van der Waals surface area contributed by atoms with Crippen molar-refractivity contribution in [2.45, 2.75) is 18.6 Å². The fourth-order valence-electron chi connectivity index (χ4n) is 1.33. The Balaban J connectivity index is 2.92. The summed E-state index contributed by atoms with van der Waals surface area (Å²) in [7, 11) is 1.46. The third-order valence-electron chi connectivity index (χ3n) is 2.25. The van der Waals surface area contributed by atoms with Crippen molar-refractivity contribution >= 4 is 5.69 Å². The number of rotatable bonds is 5. The normalized spacial score (nSPS) is 14.5. The van der Waals surface area contributed by atoms with Gasteiger partial charge in [-0.05, 0) is 19.0 Å². The molecular weight excluding hydrogens is 210 g/mol. The highest BCUT2D eigenvalue weighted by atomic mass is 16.5. The molecule has 0 aliphatic rings. The summed E-state index contributed by atoms with van der Waals surface area (Å²) >= 11 is 0. The lowest BCUT2D eigenvalue weighted by atomic mass is 10.1. The Bertz CT molecular complexity index is 346. The number of aliphatic hydroxyl groups excluding tert-OH is 2. The number of pyridine rings is 1. The van der Waals surface area contributed by atoms with Crippen LogP contribution in [0.2, 0.25) is 0 Å². The predicted octanol–water partition coefficient (Wildman–Crippen LogP) is -0.585. The molecule has 1 rings (SSSR count). The number of nitrogens with zero attached hydrogens (tertiary/aromatic N) is 1. The summed E-state index contributed by atoms with van der Waals surface area (Å²) < 4.78 is 4.92. The molecule has 0 aromatic carbocycles. The van der Waals surface area contributed by atoms with Crippen LogP contribution in [0.1, 0.15) is 18.2 Å². The number of aliphatic hydroxyl groups is 2. The number of nitrogens with two attached hydrogens (primary N) is 2. The monoisotopic (exact) mass is 227 g/mol. The van der Waals surface area contributed by atoms with Crippen molar-refractivity contribution in [2.75, 3.05) is 19.4 Å². The number of ether oxygens (including phenoxy) is 1. The van der Waals surface area contributed by atoms with Crippen molar-refractivity contribution < 1.29 is 14.9 Å². The fourth-order valence-corrected chi connectivity index (χ4v) is 1.33. The first-order valence-corrected chi connectivity index (χ1v) is 4.96. The SMILES string of the molecule is COc1ccc(N)c(C(O)C(O)CCN)n1. The van der Waals surface area contributed by atoms with Crippen LogP contribution in [0.25, 0.3) is 0 Å². The van der Waals surface area contributed by atoms with Crippen LogP contribution < -0.4 is 16.2 Å². The Morgan fingerprint density at radius 3 is 2.69 bits per heavy atom. The molecule has 6 N–H and O–H groups in total. The molecule has 0 aliphatic carbocycles. The van der Waals surface area contributed by atoms with Crippen LogP contribution in [-0.2, 0) is 0 Å². The van der Waals surface area contributed by atoms with Gasteiger partial charge in [-0.1, -0.05) is 0 Å². The molecule has 0 amide bonds. The number of hydrogen-bond donors (Lipinski definition) is 4. The molecule has 1 aromatic rings. The lowest BCUT2D eigenvalue weighted by Gasteiger charge is -2.18. The first-order chi connectivity index (χ1) is 7.60. The van der Waals surface area contributed by atoms with Crippen molar-refractivity contribution in [3.8, 4) is 5.88 Å². The van der Waals surface area contributed by atoms with Gasteiger partial charge < -0.3 is 26.4 Å². The average molecular weight is 227 g/mol. The Hall–Kier alpha value is -1.37. The summed E-state index contributed by atoms with van der Waals surface area (Å²) in [6, 6.07) is 3.15. The molecule has 0 fully saturated rings. The van der Waals surface area contributed by atoms with Crippen LogP contribution in [0, 0.1) is 0 Å². The van der Waals surface area contributed by atoms with Crippen LogP contribution in [0.3, 0.4) is 0 Å². The van der Waals surface area contributed by atoms with E-state index < -0.39 is 12.2 Å². The largest absolute Gasteiger partial charge is 0.481 e. The van der Waals surface area contributed by atoms with E-state index in [0.29, 0.717) is 11.6 Å². The molecule has 0 saturated carbocycles. The molecule has 0 radical (unpaired) electrons. The van der Waals surface area contributed by atoms with E-state index in [-0.39, 0.29) is 18.7 Å². The van der Waals surface area contributed by atoms with Crippen molar-refractivity contribution in [2.24, 2.45) is 5.73 Å². The van der Waals surface area contributed by atoms with E-state index >= 15 is 0 Å². The van der Waals surface area contributed by atoms with Crippen LogP contribution in [0.4, 0.5) is 5.69 Å². The second-order valence-electron chi connectivity index (χ2n) is 3.42. The zero-order valence-corrected chi connectivity index (χ0v) is 9.13. The van der Waals surface area contributed by atoms with Gasteiger partial charge in [-0.25, -0.2) is 4.98 Å². The molecule has 0 bridgehead atoms. The molecule has 1 heterocycles. The molecule has 2 atom stereocenters. The van der Waals surface area contributed by atoms with Gasteiger partial charge in [0, 0.05) is 6.07 Å². The molecule has 0 spiro atoms. The highest BCUT2D eigenvalue weighted by molar-refractivity contribution is 5.45. The molecule has 2 unspecified atom stereocenters. The minimum Gasteiger partial charge on any atom is -0.481 e. The number of anilines is 1. The zero-order chi connectivity index (χ0) is 12.1. The topological polar surface area (TPSA) is 115 Å². The van der Waals surface area contributed by atoms with E-state index in [1.807, 2.05) is 0 Å². The zero-order valence-electron chi connectivity index (χ0n) is 9.13. The number of hydrogen-bond acceptors (Lipinski definition) is 6. The molecule has 0 aliphatic heterocycles. The Morgan fingerprint density at radius 1 is 1.44 bits per heavy atom. The highest BCUT2D eigenvalue weighted by Crippen LogP contribution is 2.24. The Kier molecular flexibility index (Phi) is 4.48. The minimum absolute atomic E-state index is 0.209. The van der Waals surface area contributed by atoms with Gasteiger partial charge in [-0.2, -0.15) is 0 Å². The molecular formula is C10H17N3O3. The summed E-state index contributed by atoms with van der Waals surface area (Å²) in [6.45, 7) is 0.280. The smallest absolute Gasteiger partial charge is 0.213 e. The van der Waals surface area contributed by atoms with Crippen LogP contribution in [0.15, 0.2) is 12.1 Å². The lowest BCUT2D eigenvalue weighted by molar-refractivity contribution is 0.0127. The second kappa shape index (κ2) is 5.64. The third kappa shape index (κ3) is 2.82. The van der Waals surface area contributed by atoms with Crippen molar-refractivity contribution in [3.05, 3.63) is 17.8 Å². The molecule has 6 heteroatoms. The molecule has 90 valence electrons. The van der Waals surface area contributed by atoms with Crippen LogP contribution in [-0.4, -0.2) is 35.0 Å². The van der Waals surface area contributed by atoms with Gasteiger partial charge in [-0.15, -0.1) is 0 Å². The van der Waals surface area contributed by atoms with Crippen molar-refractivity contribution in [3.63, 3.8) is 0 Å². The number of methoxy groups -OCH3 is 1. The molecule has 0 saturated heterocycles. The maximum absolute atomic E-state index is 9.82. The van der Waals surface area contributed by atoms with Crippen LogP contribution >= 0.6 is 0 Å². The molecule has 6 nitrogen and oxygen atoms in total. The number of aromatic nitrogens is 1. The summed E-state index contributed by atoms with van der Waals surface area (Å²) in [4.78, 5) is 4.00. The predicted molar refractivity (Wildman–Crippen MR) is 59.8 cm³/mol. The van der Waals surface area contributed by atoms with E-state index in [9.17, 15) is 10.2 Å². The van der Waals surface area contributed by atoms with E-state index in [0.717, 1.165) is 0 Å². The maximum atomic E-state index is 9.82. The summed E-state index contributed by atoms with van der Waals surface area (Å²) in [6.07, 6.45) is -1.86. The Morgan fingerprint density at radius 2 is 2.12 bits per heavy atom. The Labute approximate surface area is 93.9 Å². The van der Waals surface area contributed by atoms with E-state index in [1.165, 1.54) is 7.11 Å². The van der Waals surface area contributed by atoms with Gasteiger partial charge in [0.15, 0.2) is 0 Å². The first-order valence-electron chi connectivity index (χ1n) is 4.96. The summed E-state index contributed by atoms with van der Waals surface area (Å²) in [5, 5.41) is 19.4. The lowest BCUT2D eigenvalue weighted by Crippen LogP contribution is -2.23. The van der Waals surface area contributed by atoms with Crippen molar-refractivity contribution in [1.29, 1.82) is 0 Å². The summed E-state index contributed by atoms with van der Waals surface area (Å²) in [5.74, 6) is 0.336. The molecule has 1 aromatic heterocycles. The number of nitrogen functional groups attached to an aromatic ring is 1. The quantitative estimate of drug-likeness (QED) is 0.535. The highest BCUT2D eigenvalue weighted by Gasteiger charge is 2.21. The van der Waals surface area contributed by atoms with E-state index in [4.69, 9.17) is 16.2 Å². The van der Waals surface area contributed by atoms with Gasteiger partial charge in [0.2, 0.25) is 5.88 Å². The molecule has 16 heavy (non-hydrogen) atoms.